The van der Waals surface area contributed by atoms with Gasteiger partial charge in [0.05, 0.1) is 24.3 Å². The first-order valence-corrected chi connectivity index (χ1v) is 12.8. The SMILES string of the molecule is Cc1ccc(-c2nn(CN3CCN(CC(=O)Nc4cccc(C)c4C)CC3)c(=O)c3ccccc23)cc1. The molecular weight excluding hydrogens is 462 g/mol. The van der Waals surface area contributed by atoms with E-state index in [0.717, 1.165) is 59.6 Å². The van der Waals surface area contributed by atoms with Crippen molar-refractivity contribution in [2.45, 2.75) is 27.4 Å². The molecule has 1 aliphatic rings. The van der Waals surface area contributed by atoms with Crippen molar-refractivity contribution >= 4 is 22.4 Å². The Kier molecular flexibility index (Phi) is 7.17. The molecule has 0 unspecified atom stereocenters. The summed E-state index contributed by atoms with van der Waals surface area (Å²) in [7, 11) is 0. The summed E-state index contributed by atoms with van der Waals surface area (Å²) in [6.07, 6.45) is 0. The minimum Gasteiger partial charge on any atom is -0.325 e. The van der Waals surface area contributed by atoms with Crippen LogP contribution >= 0.6 is 0 Å². The van der Waals surface area contributed by atoms with Gasteiger partial charge in [-0.3, -0.25) is 19.4 Å². The van der Waals surface area contributed by atoms with Gasteiger partial charge in [0.2, 0.25) is 5.91 Å². The number of piperazine rings is 1. The highest BCUT2D eigenvalue weighted by Gasteiger charge is 2.21. The highest BCUT2D eigenvalue weighted by atomic mass is 16.2. The van der Waals surface area contributed by atoms with E-state index in [1.165, 1.54) is 5.56 Å². The normalized spacial score (nSPS) is 14.7. The van der Waals surface area contributed by atoms with E-state index in [4.69, 9.17) is 5.10 Å². The van der Waals surface area contributed by atoms with E-state index in [2.05, 4.69) is 46.3 Å². The molecule has 1 aliphatic heterocycles. The van der Waals surface area contributed by atoms with E-state index < -0.39 is 0 Å². The van der Waals surface area contributed by atoms with Crippen LogP contribution < -0.4 is 10.9 Å². The molecule has 190 valence electrons. The van der Waals surface area contributed by atoms with Crippen molar-refractivity contribution in [2.75, 3.05) is 38.0 Å². The first-order chi connectivity index (χ1) is 17.9. The first-order valence-electron chi connectivity index (χ1n) is 12.8. The van der Waals surface area contributed by atoms with Crippen molar-refractivity contribution in [1.29, 1.82) is 0 Å². The van der Waals surface area contributed by atoms with Crippen molar-refractivity contribution in [2.24, 2.45) is 0 Å². The van der Waals surface area contributed by atoms with Crippen LogP contribution in [0.15, 0.2) is 71.5 Å². The predicted octanol–water partition coefficient (Wildman–Crippen LogP) is 4.20. The lowest BCUT2D eigenvalue weighted by atomic mass is 10.0. The zero-order chi connectivity index (χ0) is 25.9. The number of nitrogens with one attached hydrogen (secondary N) is 1. The maximum atomic E-state index is 13.3. The second kappa shape index (κ2) is 10.7. The summed E-state index contributed by atoms with van der Waals surface area (Å²) < 4.78 is 1.58. The number of hydrogen-bond donors (Lipinski definition) is 1. The summed E-state index contributed by atoms with van der Waals surface area (Å²) in [5.41, 5.74) is 6.04. The third-order valence-corrected chi connectivity index (χ3v) is 7.24. The maximum absolute atomic E-state index is 13.3. The quantitative estimate of drug-likeness (QED) is 0.434. The summed E-state index contributed by atoms with van der Waals surface area (Å²) in [4.78, 5) is 30.3. The van der Waals surface area contributed by atoms with E-state index in [9.17, 15) is 9.59 Å². The summed E-state index contributed by atoms with van der Waals surface area (Å²) in [5.74, 6) is -0.00250. The largest absolute Gasteiger partial charge is 0.325 e. The minimum atomic E-state index is -0.0817. The molecule has 0 bridgehead atoms. The molecule has 1 aromatic heterocycles. The van der Waals surface area contributed by atoms with Gasteiger partial charge in [0.25, 0.3) is 5.56 Å². The molecule has 5 rings (SSSR count). The fourth-order valence-electron chi connectivity index (χ4n) is 4.81. The third kappa shape index (κ3) is 5.48. The molecule has 7 heteroatoms. The standard InChI is InChI=1S/C30H33N5O2/c1-21-11-13-24(14-12-21)29-25-8-4-5-9-26(25)30(37)35(32-29)20-34-17-15-33(16-18-34)19-28(36)31-27-10-6-7-22(2)23(27)3/h4-14H,15-20H2,1-3H3,(H,31,36). The molecule has 0 atom stereocenters. The third-order valence-electron chi connectivity index (χ3n) is 7.24. The predicted molar refractivity (Wildman–Crippen MR) is 149 cm³/mol. The lowest BCUT2D eigenvalue weighted by Gasteiger charge is -2.34. The van der Waals surface area contributed by atoms with Gasteiger partial charge in [-0.2, -0.15) is 5.10 Å². The molecule has 3 aromatic carbocycles. The molecular formula is C30H33N5O2. The van der Waals surface area contributed by atoms with E-state index in [1.54, 1.807) is 4.68 Å². The molecule has 0 radical (unpaired) electrons. The van der Waals surface area contributed by atoms with Crippen molar-refractivity contribution in [1.82, 2.24) is 19.6 Å². The Morgan fingerprint density at radius 2 is 1.51 bits per heavy atom. The highest BCUT2D eigenvalue weighted by Crippen LogP contribution is 2.25. The summed E-state index contributed by atoms with van der Waals surface area (Å²) in [5, 5.41) is 9.40. The van der Waals surface area contributed by atoms with Crippen LogP contribution in [0.4, 0.5) is 5.69 Å². The number of nitrogens with zero attached hydrogens (tertiary/aromatic N) is 4. The van der Waals surface area contributed by atoms with Gasteiger partial charge in [-0.25, -0.2) is 4.68 Å². The van der Waals surface area contributed by atoms with E-state index in [0.29, 0.717) is 18.6 Å². The van der Waals surface area contributed by atoms with Gasteiger partial charge in [0.15, 0.2) is 0 Å². The van der Waals surface area contributed by atoms with Crippen LogP contribution in [0.1, 0.15) is 16.7 Å². The number of amides is 1. The molecule has 1 N–H and O–H groups in total. The molecule has 37 heavy (non-hydrogen) atoms. The van der Waals surface area contributed by atoms with E-state index >= 15 is 0 Å². The van der Waals surface area contributed by atoms with Gasteiger partial charge in [-0.1, -0.05) is 60.2 Å². The molecule has 1 amide bonds. The number of carbonyl (C=O) groups is 1. The average Bonchev–Trinajstić information content (AvgIpc) is 2.90. The van der Waals surface area contributed by atoms with Gasteiger partial charge in [0, 0.05) is 42.8 Å². The maximum Gasteiger partial charge on any atom is 0.275 e. The fourth-order valence-corrected chi connectivity index (χ4v) is 4.81. The van der Waals surface area contributed by atoms with Crippen molar-refractivity contribution in [3.8, 4) is 11.3 Å². The highest BCUT2D eigenvalue weighted by molar-refractivity contribution is 5.94. The van der Waals surface area contributed by atoms with E-state index in [-0.39, 0.29) is 11.5 Å². The minimum absolute atomic E-state index is 0.00250. The Morgan fingerprint density at radius 1 is 0.838 bits per heavy atom. The van der Waals surface area contributed by atoms with Crippen LogP contribution in [0.5, 0.6) is 0 Å². The fraction of sp³-hybridized carbons (Fsp3) is 0.300. The van der Waals surface area contributed by atoms with Gasteiger partial charge in [-0.05, 0) is 44.0 Å². The second-order valence-corrected chi connectivity index (χ2v) is 9.90. The lowest BCUT2D eigenvalue weighted by Crippen LogP contribution is -2.49. The van der Waals surface area contributed by atoms with E-state index in [1.807, 2.05) is 56.3 Å². The number of anilines is 1. The van der Waals surface area contributed by atoms with Gasteiger partial charge in [0.1, 0.15) is 0 Å². The Morgan fingerprint density at radius 3 is 2.24 bits per heavy atom. The topological polar surface area (TPSA) is 70.5 Å². The summed E-state index contributed by atoms with van der Waals surface area (Å²) >= 11 is 0. The second-order valence-electron chi connectivity index (χ2n) is 9.90. The smallest absolute Gasteiger partial charge is 0.275 e. The number of aryl methyl sites for hydroxylation is 2. The van der Waals surface area contributed by atoms with Crippen LogP contribution in [-0.4, -0.2) is 58.2 Å². The molecule has 7 nitrogen and oxygen atoms in total. The van der Waals surface area contributed by atoms with Crippen molar-refractivity contribution in [3.05, 3.63) is 93.8 Å². The Labute approximate surface area is 217 Å². The molecule has 1 fully saturated rings. The molecule has 4 aromatic rings. The number of benzene rings is 3. The Bertz CT molecular complexity index is 1480. The molecule has 0 spiro atoms. The molecule has 2 heterocycles. The van der Waals surface area contributed by atoms with Crippen molar-refractivity contribution in [3.63, 3.8) is 0 Å². The van der Waals surface area contributed by atoms with Gasteiger partial charge >= 0.3 is 0 Å². The number of carbonyl (C=O) groups excluding carboxylic acids is 1. The van der Waals surface area contributed by atoms with Crippen LogP contribution in [0.3, 0.4) is 0 Å². The number of fused-ring (bicyclic) bond motifs is 1. The lowest BCUT2D eigenvalue weighted by molar-refractivity contribution is -0.117. The monoisotopic (exact) mass is 495 g/mol. The summed E-state index contributed by atoms with van der Waals surface area (Å²) in [6.45, 7) is 9.94. The molecule has 1 saturated heterocycles. The molecule has 0 saturated carbocycles. The van der Waals surface area contributed by atoms with Crippen LogP contribution in [0.2, 0.25) is 0 Å². The average molecular weight is 496 g/mol. The molecule has 0 aliphatic carbocycles. The number of rotatable bonds is 6. The van der Waals surface area contributed by atoms with Crippen molar-refractivity contribution < 1.29 is 4.79 Å². The Hall–Kier alpha value is -3.81. The van der Waals surface area contributed by atoms with Crippen LogP contribution in [-0.2, 0) is 11.5 Å². The summed E-state index contributed by atoms with van der Waals surface area (Å²) in [6, 6.07) is 21.9. The zero-order valence-corrected chi connectivity index (χ0v) is 21.7. The first kappa shape index (κ1) is 24.9. The van der Waals surface area contributed by atoms with Gasteiger partial charge in [-0.15, -0.1) is 0 Å². The van der Waals surface area contributed by atoms with Gasteiger partial charge < -0.3 is 5.32 Å². The van der Waals surface area contributed by atoms with Crippen LogP contribution in [0, 0.1) is 20.8 Å². The number of aromatic nitrogens is 2. The number of hydrogen-bond acceptors (Lipinski definition) is 5. The van der Waals surface area contributed by atoms with Crippen LogP contribution in [0.25, 0.3) is 22.0 Å². The zero-order valence-electron chi connectivity index (χ0n) is 21.7. The Balaban J connectivity index is 1.26.